The molecule has 0 saturated carbocycles. The number of benzene rings is 2. The SMILES string of the molecule is O=C(C[C@@H](c1ccccc1)c1ccc[nH]1)c1cccc(Br)c1. The molecule has 1 heterocycles. The van der Waals surface area contributed by atoms with E-state index in [9.17, 15) is 4.79 Å². The quantitative estimate of drug-likeness (QED) is 0.629. The zero-order chi connectivity index (χ0) is 15.4. The van der Waals surface area contributed by atoms with Gasteiger partial charge in [-0.1, -0.05) is 58.4 Å². The van der Waals surface area contributed by atoms with Crippen LogP contribution in [0.4, 0.5) is 0 Å². The maximum atomic E-state index is 12.6. The Hall–Kier alpha value is -2.13. The standard InChI is InChI=1S/C19H16BrNO/c20-16-9-4-8-15(12-16)19(22)13-17(18-10-5-11-21-18)14-6-2-1-3-7-14/h1-12,17,21H,13H2/t17-/m0/s1. The molecule has 2 nitrogen and oxygen atoms in total. The molecule has 0 aliphatic heterocycles. The van der Waals surface area contributed by atoms with Gasteiger partial charge in [0, 0.05) is 34.3 Å². The predicted molar refractivity (Wildman–Crippen MR) is 92.2 cm³/mol. The van der Waals surface area contributed by atoms with Crippen molar-refractivity contribution in [3.8, 4) is 0 Å². The summed E-state index contributed by atoms with van der Waals surface area (Å²) >= 11 is 3.42. The number of carbonyl (C=O) groups is 1. The van der Waals surface area contributed by atoms with Gasteiger partial charge in [0.2, 0.25) is 0 Å². The molecule has 0 aliphatic carbocycles. The molecular weight excluding hydrogens is 338 g/mol. The van der Waals surface area contributed by atoms with Gasteiger partial charge in [0.05, 0.1) is 0 Å². The van der Waals surface area contributed by atoms with Gasteiger partial charge in [0.15, 0.2) is 5.78 Å². The summed E-state index contributed by atoms with van der Waals surface area (Å²) in [6.07, 6.45) is 2.34. The van der Waals surface area contributed by atoms with E-state index in [0.717, 1.165) is 21.3 Å². The summed E-state index contributed by atoms with van der Waals surface area (Å²) in [5.74, 6) is 0.187. The van der Waals surface area contributed by atoms with E-state index in [4.69, 9.17) is 0 Å². The van der Waals surface area contributed by atoms with Crippen LogP contribution in [0.1, 0.15) is 34.0 Å². The van der Waals surface area contributed by atoms with Crippen molar-refractivity contribution in [1.82, 2.24) is 4.98 Å². The second kappa shape index (κ2) is 6.75. The van der Waals surface area contributed by atoms with Gasteiger partial charge >= 0.3 is 0 Å². The molecule has 0 spiro atoms. The molecule has 3 rings (SSSR count). The number of rotatable bonds is 5. The first-order valence-corrected chi connectivity index (χ1v) is 8.00. The van der Waals surface area contributed by atoms with Crippen LogP contribution in [-0.4, -0.2) is 10.8 Å². The van der Waals surface area contributed by atoms with E-state index in [1.807, 2.05) is 60.8 Å². The summed E-state index contributed by atoms with van der Waals surface area (Å²) in [6, 6.07) is 21.7. The van der Waals surface area contributed by atoms with Crippen LogP contribution in [0, 0.1) is 0 Å². The van der Waals surface area contributed by atoms with E-state index in [1.165, 1.54) is 0 Å². The Morgan fingerprint density at radius 2 is 1.82 bits per heavy atom. The van der Waals surface area contributed by atoms with Gasteiger partial charge in [-0.05, 0) is 29.8 Å². The van der Waals surface area contributed by atoms with E-state index < -0.39 is 0 Å². The number of ketones is 1. The Kier molecular flexibility index (Phi) is 4.54. The van der Waals surface area contributed by atoms with Crippen molar-refractivity contribution in [3.05, 3.63) is 94.2 Å². The summed E-state index contributed by atoms with van der Waals surface area (Å²) in [7, 11) is 0. The average Bonchev–Trinajstić information content (AvgIpc) is 3.07. The van der Waals surface area contributed by atoms with Gasteiger partial charge in [0.1, 0.15) is 0 Å². The van der Waals surface area contributed by atoms with Crippen LogP contribution in [0.15, 0.2) is 77.4 Å². The second-order valence-corrected chi connectivity index (χ2v) is 6.14. The minimum absolute atomic E-state index is 0.0441. The minimum atomic E-state index is 0.0441. The number of nitrogens with one attached hydrogen (secondary N) is 1. The monoisotopic (exact) mass is 353 g/mol. The van der Waals surface area contributed by atoms with Crippen molar-refractivity contribution in [2.24, 2.45) is 0 Å². The molecular formula is C19H16BrNO. The molecule has 22 heavy (non-hydrogen) atoms. The molecule has 0 amide bonds. The molecule has 0 unspecified atom stereocenters. The number of carbonyl (C=O) groups excluding carboxylic acids is 1. The molecule has 0 fully saturated rings. The molecule has 110 valence electrons. The highest BCUT2D eigenvalue weighted by Crippen LogP contribution is 2.28. The van der Waals surface area contributed by atoms with Crippen molar-refractivity contribution >= 4 is 21.7 Å². The summed E-state index contributed by atoms with van der Waals surface area (Å²) in [5.41, 5.74) is 2.95. The maximum Gasteiger partial charge on any atom is 0.163 e. The van der Waals surface area contributed by atoms with Crippen LogP contribution >= 0.6 is 15.9 Å². The lowest BCUT2D eigenvalue weighted by Gasteiger charge is -2.16. The van der Waals surface area contributed by atoms with E-state index >= 15 is 0 Å². The molecule has 1 atom stereocenters. The number of halogens is 1. The Morgan fingerprint density at radius 1 is 1.00 bits per heavy atom. The summed E-state index contributed by atoms with van der Waals surface area (Å²) < 4.78 is 0.925. The number of aromatic amines is 1. The van der Waals surface area contributed by atoms with Crippen molar-refractivity contribution in [1.29, 1.82) is 0 Å². The molecule has 2 aromatic carbocycles. The highest BCUT2D eigenvalue weighted by atomic mass is 79.9. The third-order valence-electron chi connectivity index (χ3n) is 3.74. The molecule has 3 aromatic rings. The van der Waals surface area contributed by atoms with Crippen molar-refractivity contribution < 1.29 is 4.79 Å². The molecule has 3 heteroatoms. The minimum Gasteiger partial charge on any atom is -0.364 e. The zero-order valence-electron chi connectivity index (χ0n) is 12.0. The van der Waals surface area contributed by atoms with Crippen molar-refractivity contribution in [2.45, 2.75) is 12.3 Å². The first-order valence-electron chi connectivity index (χ1n) is 7.21. The number of H-pyrrole nitrogens is 1. The third-order valence-corrected chi connectivity index (χ3v) is 4.23. The Morgan fingerprint density at radius 3 is 2.50 bits per heavy atom. The zero-order valence-corrected chi connectivity index (χ0v) is 13.6. The van der Waals surface area contributed by atoms with Gasteiger partial charge in [-0.2, -0.15) is 0 Å². The predicted octanol–water partition coefficient (Wildman–Crippen LogP) is 5.18. The summed E-state index contributed by atoms with van der Waals surface area (Å²) in [6.45, 7) is 0. The third kappa shape index (κ3) is 3.37. The van der Waals surface area contributed by atoms with Crippen LogP contribution in [0.5, 0.6) is 0 Å². The van der Waals surface area contributed by atoms with Crippen LogP contribution in [0.3, 0.4) is 0 Å². The average molecular weight is 354 g/mol. The molecule has 1 N–H and O–H groups in total. The van der Waals surface area contributed by atoms with Gasteiger partial charge in [-0.25, -0.2) is 0 Å². The topological polar surface area (TPSA) is 32.9 Å². The number of hydrogen-bond donors (Lipinski definition) is 1. The largest absolute Gasteiger partial charge is 0.364 e. The smallest absolute Gasteiger partial charge is 0.163 e. The fourth-order valence-electron chi connectivity index (χ4n) is 2.62. The summed E-state index contributed by atoms with van der Waals surface area (Å²) in [5, 5.41) is 0. The van der Waals surface area contributed by atoms with Crippen molar-refractivity contribution in [2.75, 3.05) is 0 Å². The maximum absolute atomic E-state index is 12.6. The van der Waals surface area contributed by atoms with E-state index in [0.29, 0.717) is 6.42 Å². The van der Waals surface area contributed by atoms with E-state index in [-0.39, 0.29) is 11.7 Å². The molecule has 0 radical (unpaired) electrons. The summed E-state index contributed by atoms with van der Waals surface area (Å²) in [4.78, 5) is 15.9. The number of Topliss-reactive ketones (excluding diaryl/α,β-unsaturated/α-hetero) is 1. The van der Waals surface area contributed by atoms with Gasteiger partial charge in [0.25, 0.3) is 0 Å². The van der Waals surface area contributed by atoms with E-state index in [2.05, 4.69) is 33.0 Å². The second-order valence-electron chi connectivity index (χ2n) is 5.23. The van der Waals surface area contributed by atoms with Crippen molar-refractivity contribution in [3.63, 3.8) is 0 Å². The lowest BCUT2D eigenvalue weighted by molar-refractivity contribution is 0.0977. The van der Waals surface area contributed by atoms with Gasteiger partial charge in [-0.15, -0.1) is 0 Å². The van der Waals surface area contributed by atoms with Crippen LogP contribution < -0.4 is 0 Å². The Labute approximate surface area is 138 Å². The number of aromatic nitrogens is 1. The first-order chi connectivity index (χ1) is 10.7. The fraction of sp³-hybridized carbons (Fsp3) is 0.105. The van der Waals surface area contributed by atoms with E-state index in [1.54, 1.807) is 0 Å². The highest BCUT2D eigenvalue weighted by Gasteiger charge is 2.19. The molecule has 1 aromatic heterocycles. The fourth-order valence-corrected chi connectivity index (χ4v) is 3.02. The lowest BCUT2D eigenvalue weighted by atomic mass is 9.89. The van der Waals surface area contributed by atoms with Crippen LogP contribution in [0.25, 0.3) is 0 Å². The first kappa shape index (κ1) is 14.8. The highest BCUT2D eigenvalue weighted by molar-refractivity contribution is 9.10. The van der Waals surface area contributed by atoms with Gasteiger partial charge < -0.3 is 4.98 Å². The molecule has 0 bridgehead atoms. The van der Waals surface area contributed by atoms with Crippen LogP contribution in [0.2, 0.25) is 0 Å². The Balaban J connectivity index is 1.89. The normalized spacial score (nSPS) is 12.0. The van der Waals surface area contributed by atoms with Crippen LogP contribution in [-0.2, 0) is 0 Å². The van der Waals surface area contributed by atoms with Gasteiger partial charge in [-0.3, -0.25) is 4.79 Å². The number of hydrogen-bond acceptors (Lipinski definition) is 1. The molecule has 0 saturated heterocycles. The lowest BCUT2D eigenvalue weighted by Crippen LogP contribution is -2.09. The molecule has 0 aliphatic rings. The Bertz CT molecular complexity index is 750.